The lowest BCUT2D eigenvalue weighted by Gasteiger charge is -2.26. The number of alkyl halides is 3. The first-order valence-corrected chi connectivity index (χ1v) is 7.79. The maximum atomic E-state index is 12.9. The van der Waals surface area contributed by atoms with E-state index in [0.717, 1.165) is 6.07 Å². The molecule has 0 saturated carbocycles. The Labute approximate surface area is 150 Å². The lowest BCUT2D eigenvalue weighted by molar-refractivity contribution is -0.141. The van der Waals surface area contributed by atoms with Crippen LogP contribution in [-0.4, -0.2) is 44.3 Å². The van der Waals surface area contributed by atoms with Crippen molar-refractivity contribution in [2.45, 2.75) is 12.2 Å². The largest absolute Gasteiger partial charge is 0.433 e. The molecule has 0 amide bonds. The standard InChI is InChI=1S/C15H12F3N7O2/c16-15(17,18)11-3-1-2-10(22-11)12-23-13(20-8-4-19-27-7-8)25-14(24-12)21-9-5-26-6-9/h1-4,7,9H,5-6H2,(H2,20,21,23,24,25). The maximum absolute atomic E-state index is 12.9. The van der Waals surface area contributed by atoms with Crippen molar-refractivity contribution in [3.63, 3.8) is 0 Å². The molecular formula is C15H12F3N7O2. The lowest BCUT2D eigenvalue weighted by Crippen LogP contribution is -2.40. The highest BCUT2D eigenvalue weighted by molar-refractivity contribution is 5.57. The third kappa shape index (κ3) is 3.95. The van der Waals surface area contributed by atoms with Gasteiger partial charge in [-0.2, -0.15) is 28.1 Å². The highest BCUT2D eigenvalue weighted by Gasteiger charge is 2.32. The molecule has 0 aromatic carbocycles. The maximum Gasteiger partial charge on any atom is 0.433 e. The molecule has 4 heterocycles. The van der Waals surface area contributed by atoms with Crippen molar-refractivity contribution in [1.82, 2.24) is 25.1 Å². The zero-order valence-corrected chi connectivity index (χ0v) is 13.6. The number of anilines is 3. The molecule has 3 aromatic rings. The summed E-state index contributed by atoms with van der Waals surface area (Å²) in [5.74, 6) is 0.273. The van der Waals surface area contributed by atoms with Crippen LogP contribution in [0.4, 0.5) is 30.8 Å². The molecule has 9 nitrogen and oxygen atoms in total. The van der Waals surface area contributed by atoms with E-state index < -0.39 is 11.9 Å². The SMILES string of the molecule is FC(F)(F)c1cccc(-c2nc(Nc3cnoc3)nc(NC3COC3)n2)n1. The van der Waals surface area contributed by atoms with Gasteiger partial charge in [0.1, 0.15) is 23.3 Å². The van der Waals surface area contributed by atoms with Gasteiger partial charge in [0.25, 0.3) is 0 Å². The van der Waals surface area contributed by atoms with E-state index in [4.69, 9.17) is 9.26 Å². The van der Waals surface area contributed by atoms with E-state index in [9.17, 15) is 13.2 Å². The van der Waals surface area contributed by atoms with Crippen LogP contribution in [0.5, 0.6) is 0 Å². The summed E-state index contributed by atoms with van der Waals surface area (Å²) in [5, 5.41) is 9.44. The summed E-state index contributed by atoms with van der Waals surface area (Å²) in [6, 6.07) is 3.53. The molecule has 12 heteroatoms. The van der Waals surface area contributed by atoms with E-state index in [1.165, 1.54) is 24.6 Å². The van der Waals surface area contributed by atoms with Crippen LogP contribution in [0.1, 0.15) is 5.69 Å². The van der Waals surface area contributed by atoms with Crippen molar-refractivity contribution in [3.05, 3.63) is 36.4 Å². The molecule has 0 atom stereocenters. The Kier molecular flexibility index (Phi) is 4.32. The first kappa shape index (κ1) is 17.1. The second kappa shape index (κ2) is 6.79. The van der Waals surface area contributed by atoms with Crippen molar-refractivity contribution in [2.75, 3.05) is 23.8 Å². The Morgan fingerprint density at radius 2 is 1.85 bits per heavy atom. The van der Waals surface area contributed by atoms with Gasteiger partial charge in [-0.05, 0) is 12.1 Å². The predicted molar refractivity (Wildman–Crippen MR) is 86.1 cm³/mol. The van der Waals surface area contributed by atoms with Crippen LogP contribution in [0.2, 0.25) is 0 Å². The molecule has 0 unspecified atom stereocenters. The topological polar surface area (TPSA) is 111 Å². The number of nitrogens with zero attached hydrogens (tertiary/aromatic N) is 5. The molecule has 1 aliphatic heterocycles. The van der Waals surface area contributed by atoms with Gasteiger partial charge in [-0.1, -0.05) is 11.2 Å². The molecule has 0 radical (unpaired) electrons. The Morgan fingerprint density at radius 1 is 1.04 bits per heavy atom. The Balaban J connectivity index is 1.70. The number of aromatic nitrogens is 5. The highest BCUT2D eigenvalue weighted by atomic mass is 19.4. The fourth-order valence-electron chi connectivity index (χ4n) is 2.23. The highest BCUT2D eigenvalue weighted by Crippen LogP contribution is 2.29. The van der Waals surface area contributed by atoms with Crippen LogP contribution in [0.3, 0.4) is 0 Å². The van der Waals surface area contributed by atoms with E-state index in [1.54, 1.807) is 0 Å². The van der Waals surface area contributed by atoms with Gasteiger partial charge in [0.2, 0.25) is 11.9 Å². The zero-order valence-electron chi connectivity index (χ0n) is 13.6. The Bertz CT molecular complexity index is 929. The number of rotatable bonds is 5. The summed E-state index contributed by atoms with van der Waals surface area (Å²) < 4.78 is 48.7. The van der Waals surface area contributed by atoms with Crippen LogP contribution < -0.4 is 10.6 Å². The molecule has 0 spiro atoms. The summed E-state index contributed by atoms with van der Waals surface area (Å²) in [6.45, 7) is 0.967. The minimum Gasteiger partial charge on any atom is -0.377 e. The van der Waals surface area contributed by atoms with Crippen LogP contribution in [0.25, 0.3) is 11.5 Å². The number of nitrogens with one attached hydrogen (secondary N) is 2. The second-order valence-electron chi connectivity index (χ2n) is 5.63. The van der Waals surface area contributed by atoms with E-state index >= 15 is 0 Å². The summed E-state index contributed by atoms with van der Waals surface area (Å²) in [6.07, 6.45) is -1.84. The number of hydrogen-bond acceptors (Lipinski definition) is 9. The quantitative estimate of drug-likeness (QED) is 0.690. The average Bonchev–Trinajstić information content (AvgIpc) is 3.10. The molecule has 2 N–H and O–H groups in total. The first-order valence-electron chi connectivity index (χ1n) is 7.79. The third-order valence-corrected chi connectivity index (χ3v) is 3.56. The van der Waals surface area contributed by atoms with Crippen molar-refractivity contribution < 1.29 is 22.4 Å². The molecule has 3 aromatic heterocycles. The van der Waals surface area contributed by atoms with Gasteiger partial charge in [0.05, 0.1) is 25.5 Å². The number of hydrogen-bond donors (Lipinski definition) is 2. The van der Waals surface area contributed by atoms with E-state index in [2.05, 4.69) is 35.7 Å². The average molecular weight is 379 g/mol. The molecule has 0 aliphatic carbocycles. The molecule has 0 bridgehead atoms. The van der Waals surface area contributed by atoms with E-state index in [1.807, 2.05) is 0 Å². The van der Waals surface area contributed by atoms with Crippen molar-refractivity contribution >= 4 is 17.6 Å². The van der Waals surface area contributed by atoms with Gasteiger partial charge >= 0.3 is 6.18 Å². The van der Waals surface area contributed by atoms with Crippen molar-refractivity contribution in [3.8, 4) is 11.5 Å². The molecular weight excluding hydrogens is 367 g/mol. The molecule has 27 heavy (non-hydrogen) atoms. The summed E-state index contributed by atoms with van der Waals surface area (Å²) >= 11 is 0. The lowest BCUT2D eigenvalue weighted by atomic mass is 10.2. The molecule has 1 aliphatic rings. The molecule has 140 valence electrons. The number of ether oxygens (including phenoxy) is 1. The smallest absolute Gasteiger partial charge is 0.377 e. The van der Waals surface area contributed by atoms with Crippen LogP contribution in [-0.2, 0) is 10.9 Å². The number of pyridine rings is 1. The molecule has 4 rings (SSSR count). The first-order chi connectivity index (χ1) is 13.0. The van der Waals surface area contributed by atoms with E-state index in [-0.39, 0.29) is 29.5 Å². The van der Waals surface area contributed by atoms with Gasteiger partial charge in [-0.15, -0.1) is 0 Å². The van der Waals surface area contributed by atoms with Gasteiger partial charge in [-0.3, -0.25) is 0 Å². The van der Waals surface area contributed by atoms with Crippen LogP contribution in [0, 0.1) is 0 Å². The van der Waals surface area contributed by atoms with Crippen LogP contribution in [0.15, 0.2) is 35.2 Å². The molecule has 1 saturated heterocycles. The minimum atomic E-state index is -4.57. The molecule has 1 fully saturated rings. The fraction of sp³-hybridized carbons (Fsp3) is 0.267. The van der Waals surface area contributed by atoms with Gasteiger partial charge < -0.3 is 19.9 Å². The van der Waals surface area contributed by atoms with Gasteiger partial charge in [-0.25, -0.2) is 4.98 Å². The Morgan fingerprint density at radius 3 is 2.52 bits per heavy atom. The second-order valence-corrected chi connectivity index (χ2v) is 5.63. The van der Waals surface area contributed by atoms with Gasteiger partial charge in [0.15, 0.2) is 5.82 Å². The zero-order chi connectivity index (χ0) is 18.9. The third-order valence-electron chi connectivity index (χ3n) is 3.56. The predicted octanol–water partition coefficient (Wildman–Crippen LogP) is 2.49. The number of halogens is 3. The normalized spacial score (nSPS) is 14.6. The van der Waals surface area contributed by atoms with Crippen molar-refractivity contribution in [1.29, 1.82) is 0 Å². The summed E-state index contributed by atoms with van der Waals surface area (Å²) in [5.41, 5.74) is -0.591. The van der Waals surface area contributed by atoms with Gasteiger partial charge in [0, 0.05) is 0 Å². The van der Waals surface area contributed by atoms with Crippen LogP contribution >= 0.6 is 0 Å². The summed E-state index contributed by atoms with van der Waals surface area (Å²) in [7, 11) is 0. The fourth-order valence-corrected chi connectivity index (χ4v) is 2.23. The monoisotopic (exact) mass is 379 g/mol. The summed E-state index contributed by atoms with van der Waals surface area (Å²) in [4.78, 5) is 16.2. The van der Waals surface area contributed by atoms with E-state index in [0.29, 0.717) is 18.9 Å². The van der Waals surface area contributed by atoms with Crippen molar-refractivity contribution in [2.24, 2.45) is 0 Å². The Hall–Kier alpha value is -3.28. The minimum absolute atomic E-state index is 0.0122.